The molecule has 0 aliphatic carbocycles. The van der Waals surface area contributed by atoms with Crippen molar-refractivity contribution in [3.8, 4) is 0 Å². The van der Waals surface area contributed by atoms with Crippen LogP contribution in [0.4, 0.5) is 0 Å². The number of hydrogen-bond donors (Lipinski definition) is 2. The summed E-state index contributed by atoms with van der Waals surface area (Å²) in [6, 6.07) is 0. The SMILES string of the molecule is CC(C)(O)[C@H]1C[C@H]([C@H]2C[C@H](C(C)(C)O)C(=O)O2)OC1=O. The van der Waals surface area contributed by atoms with Crippen molar-refractivity contribution in [3.05, 3.63) is 0 Å². The Morgan fingerprint density at radius 2 is 1.15 bits per heavy atom. The molecule has 2 aliphatic heterocycles. The molecule has 0 spiro atoms. The number of aliphatic hydroxyl groups is 2. The first-order valence-electron chi connectivity index (χ1n) is 6.86. The lowest BCUT2D eigenvalue weighted by Crippen LogP contribution is -2.34. The molecule has 0 radical (unpaired) electrons. The van der Waals surface area contributed by atoms with E-state index >= 15 is 0 Å². The normalized spacial score (nSPS) is 35.1. The third-order valence-corrected chi connectivity index (χ3v) is 4.16. The number of hydrogen-bond acceptors (Lipinski definition) is 6. The molecule has 2 N–H and O–H groups in total. The first-order chi connectivity index (χ1) is 9.00. The van der Waals surface area contributed by atoms with E-state index in [1.807, 2.05) is 0 Å². The first-order valence-corrected chi connectivity index (χ1v) is 6.86. The average Bonchev–Trinajstić information content (AvgIpc) is 2.79. The summed E-state index contributed by atoms with van der Waals surface area (Å²) >= 11 is 0. The van der Waals surface area contributed by atoms with Gasteiger partial charge in [0, 0.05) is 12.8 Å². The Bertz CT molecular complexity index is 376. The summed E-state index contributed by atoms with van der Waals surface area (Å²) in [4.78, 5) is 23.6. The van der Waals surface area contributed by atoms with Crippen molar-refractivity contribution in [3.63, 3.8) is 0 Å². The van der Waals surface area contributed by atoms with Crippen molar-refractivity contribution in [1.29, 1.82) is 0 Å². The van der Waals surface area contributed by atoms with E-state index in [1.54, 1.807) is 27.7 Å². The number of carbonyl (C=O) groups excluding carboxylic acids is 2. The van der Waals surface area contributed by atoms with Crippen LogP contribution in [0.5, 0.6) is 0 Å². The molecule has 2 saturated heterocycles. The molecule has 20 heavy (non-hydrogen) atoms. The van der Waals surface area contributed by atoms with E-state index in [2.05, 4.69) is 0 Å². The molecule has 2 heterocycles. The van der Waals surface area contributed by atoms with Crippen LogP contribution in [0.3, 0.4) is 0 Å². The van der Waals surface area contributed by atoms with Gasteiger partial charge in [-0.2, -0.15) is 0 Å². The van der Waals surface area contributed by atoms with Crippen LogP contribution in [0.25, 0.3) is 0 Å². The molecule has 0 bridgehead atoms. The van der Waals surface area contributed by atoms with Gasteiger partial charge in [-0.15, -0.1) is 0 Å². The van der Waals surface area contributed by atoms with Gasteiger partial charge >= 0.3 is 11.9 Å². The molecule has 6 heteroatoms. The molecular formula is C14H22O6. The molecule has 0 saturated carbocycles. The maximum Gasteiger partial charge on any atom is 0.312 e. The van der Waals surface area contributed by atoms with Gasteiger partial charge in [-0.3, -0.25) is 9.59 Å². The first kappa shape index (κ1) is 15.3. The Balaban J connectivity index is 2.05. The quantitative estimate of drug-likeness (QED) is 0.729. The van der Waals surface area contributed by atoms with Crippen molar-refractivity contribution < 1.29 is 29.3 Å². The van der Waals surface area contributed by atoms with Crippen molar-refractivity contribution in [2.45, 2.75) is 63.9 Å². The van der Waals surface area contributed by atoms with Gasteiger partial charge in [-0.05, 0) is 27.7 Å². The molecule has 0 unspecified atom stereocenters. The molecular weight excluding hydrogens is 264 g/mol. The minimum Gasteiger partial charge on any atom is -0.458 e. The van der Waals surface area contributed by atoms with Gasteiger partial charge in [0.15, 0.2) is 0 Å². The van der Waals surface area contributed by atoms with Crippen LogP contribution in [-0.2, 0) is 19.1 Å². The maximum absolute atomic E-state index is 11.8. The highest BCUT2D eigenvalue weighted by atomic mass is 16.6. The minimum absolute atomic E-state index is 0.318. The third kappa shape index (κ3) is 2.81. The number of esters is 2. The average molecular weight is 286 g/mol. The Morgan fingerprint density at radius 3 is 1.35 bits per heavy atom. The van der Waals surface area contributed by atoms with Crippen molar-refractivity contribution in [2.75, 3.05) is 0 Å². The summed E-state index contributed by atoms with van der Waals surface area (Å²) in [6.07, 6.45) is -0.456. The molecule has 6 nitrogen and oxygen atoms in total. The summed E-state index contributed by atoms with van der Waals surface area (Å²) in [7, 11) is 0. The highest BCUT2D eigenvalue weighted by Crippen LogP contribution is 2.38. The summed E-state index contributed by atoms with van der Waals surface area (Å²) in [5.41, 5.74) is -2.33. The van der Waals surface area contributed by atoms with Crippen molar-refractivity contribution in [2.24, 2.45) is 11.8 Å². The van der Waals surface area contributed by atoms with E-state index in [1.165, 1.54) is 0 Å². The largest absolute Gasteiger partial charge is 0.458 e. The van der Waals surface area contributed by atoms with Gasteiger partial charge in [0.05, 0.1) is 23.0 Å². The topological polar surface area (TPSA) is 93.1 Å². The van der Waals surface area contributed by atoms with Gasteiger partial charge in [0.2, 0.25) is 0 Å². The predicted octanol–water partition coefficient (Wildman–Crippen LogP) is 0.392. The zero-order valence-electron chi connectivity index (χ0n) is 12.3. The lowest BCUT2D eigenvalue weighted by atomic mass is 9.84. The van der Waals surface area contributed by atoms with E-state index in [0.717, 1.165) is 0 Å². The minimum atomic E-state index is -1.16. The predicted molar refractivity (Wildman–Crippen MR) is 68.6 cm³/mol. The fraction of sp³-hybridized carbons (Fsp3) is 0.857. The molecule has 0 aromatic carbocycles. The lowest BCUT2D eigenvalue weighted by Gasteiger charge is -2.22. The van der Waals surface area contributed by atoms with E-state index in [0.29, 0.717) is 12.8 Å². The van der Waals surface area contributed by atoms with Gasteiger partial charge in [-0.1, -0.05) is 0 Å². The van der Waals surface area contributed by atoms with Crippen LogP contribution in [0.1, 0.15) is 40.5 Å². The molecule has 0 aromatic rings. The second-order valence-electron chi connectivity index (χ2n) is 6.83. The van der Waals surface area contributed by atoms with Crippen molar-refractivity contribution >= 4 is 11.9 Å². The molecule has 114 valence electrons. The van der Waals surface area contributed by atoms with E-state index in [9.17, 15) is 19.8 Å². The number of cyclic esters (lactones) is 2. The van der Waals surface area contributed by atoms with Crippen LogP contribution in [0, 0.1) is 11.8 Å². The molecule has 4 atom stereocenters. The Morgan fingerprint density at radius 1 is 0.850 bits per heavy atom. The summed E-state index contributed by atoms with van der Waals surface area (Å²) < 4.78 is 10.5. The molecule has 2 fully saturated rings. The van der Waals surface area contributed by atoms with E-state index in [-0.39, 0.29) is 0 Å². The van der Waals surface area contributed by atoms with Gasteiger partial charge in [-0.25, -0.2) is 0 Å². The second kappa shape index (κ2) is 4.70. The lowest BCUT2D eigenvalue weighted by molar-refractivity contribution is -0.159. The summed E-state index contributed by atoms with van der Waals surface area (Å²) in [5.74, 6) is -2.17. The zero-order chi connectivity index (χ0) is 15.3. The Hall–Kier alpha value is -1.14. The van der Waals surface area contributed by atoms with Gasteiger partial charge < -0.3 is 19.7 Å². The fourth-order valence-electron chi connectivity index (χ4n) is 2.82. The molecule has 2 rings (SSSR count). The molecule has 2 aliphatic rings. The van der Waals surface area contributed by atoms with Gasteiger partial charge in [0.1, 0.15) is 12.2 Å². The number of ether oxygens (including phenoxy) is 2. The van der Waals surface area contributed by atoms with Crippen LogP contribution < -0.4 is 0 Å². The smallest absolute Gasteiger partial charge is 0.312 e. The molecule has 0 aromatic heterocycles. The highest BCUT2D eigenvalue weighted by Gasteiger charge is 2.52. The maximum atomic E-state index is 11.8. The standard InChI is InChI=1S/C14H22O6/c1-13(2,17)7-5-9(19-11(7)15)10-6-8(12(16)20-10)14(3,4)18/h7-10,17-18H,5-6H2,1-4H3/t7-,8-,9+,10+/m0/s1. The zero-order valence-corrected chi connectivity index (χ0v) is 12.3. The Labute approximate surface area is 118 Å². The van der Waals surface area contributed by atoms with E-state index in [4.69, 9.17) is 9.47 Å². The Kier molecular flexibility index (Phi) is 3.59. The van der Waals surface area contributed by atoms with Crippen LogP contribution >= 0.6 is 0 Å². The third-order valence-electron chi connectivity index (χ3n) is 4.16. The van der Waals surface area contributed by atoms with Crippen LogP contribution in [0.2, 0.25) is 0 Å². The van der Waals surface area contributed by atoms with Gasteiger partial charge in [0.25, 0.3) is 0 Å². The van der Waals surface area contributed by atoms with E-state index < -0.39 is 47.2 Å². The summed E-state index contributed by atoms with van der Waals surface area (Å²) in [6.45, 7) is 6.23. The van der Waals surface area contributed by atoms with Crippen LogP contribution in [-0.4, -0.2) is 45.6 Å². The summed E-state index contributed by atoms with van der Waals surface area (Å²) in [5, 5.41) is 19.9. The second-order valence-corrected chi connectivity index (χ2v) is 6.83. The van der Waals surface area contributed by atoms with Crippen molar-refractivity contribution in [1.82, 2.24) is 0 Å². The molecule has 0 amide bonds. The number of carbonyl (C=O) groups is 2. The number of rotatable bonds is 3. The highest BCUT2D eigenvalue weighted by molar-refractivity contribution is 5.78. The fourth-order valence-corrected chi connectivity index (χ4v) is 2.82. The van der Waals surface area contributed by atoms with Crippen LogP contribution in [0.15, 0.2) is 0 Å². The monoisotopic (exact) mass is 286 g/mol.